The number of hydrogen-bond donors (Lipinski definition) is 0. The van der Waals surface area contributed by atoms with Gasteiger partial charge in [-0.2, -0.15) is 0 Å². The molecule has 0 aromatic carbocycles. The Morgan fingerprint density at radius 1 is 1.56 bits per heavy atom. The summed E-state index contributed by atoms with van der Waals surface area (Å²) in [6.45, 7) is 4.90. The van der Waals surface area contributed by atoms with E-state index in [1.807, 2.05) is 5.41 Å². The van der Waals surface area contributed by atoms with Gasteiger partial charge in [-0.15, -0.1) is 0 Å². The van der Waals surface area contributed by atoms with Crippen molar-refractivity contribution in [3.05, 3.63) is 22.6 Å². The molecule has 0 aliphatic carbocycles. The van der Waals surface area contributed by atoms with Gasteiger partial charge in [-0.3, -0.25) is 0 Å². The molecular formula is C7H10OS. The summed E-state index contributed by atoms with van der Waals surface area (Å²) in [5.74, 6) is 0. The van der Waals surface area contributed by atoms with Crippen LogP contribution in [0.2, 0.25) is 0 Å². The zero-order valence-corrected chi connectivity index (χ0v) is 6.49. The van der Waals surface area contributed by atoms with Crippen molar-refractivity contribution in [2.24, 2.45) is 0 Å². The first-order valence-corrected chi connectivity index (χ1v) is 3.72. The lowest BCUT2D eigenvalue weighted by atomic mass is 10.2. The maximum absolute atomic E-state index is 5.15. The molecular weight excluding hydrogens is 132 g/mol. The third-order valence-corrected chi connectivity index (χ3v) is 1.78. The van der Waals surface area contributed by atoms with Gasteiger partial charge in [-0.1, -0.05) is 6.08 Å². The van der Waals surface area contributed by atoms with E-state index >= 15 is 0 Å². The first-order chi connectivity index (χ1) is 4.29. The second-order valence-electron chi connectivity index (χ2n) is 2.21. The van der Waals surface area contributed by atoms with Gasteiger partial charge >= 0.3 is 0 Å². The minimum Gasteiger partial charge on any atom is -0.306 e. The molecule has 0 spiro atoms. The molecule has 9 heavy (non-hydrogen) atoms. The van der Waals surface area contributed by atoms with Gasteiger partial charge in [-0.05, 0) is 25.0 Å². The summed E-state index contributed by atoms with van der Waals surface area (Å²) in [7, 11) is 0. The van der Waals surface area contributed by atoms with E-state index in [2.05, 4.69) is 19.9 Å². The van der Waals surface area contributed by atoms with Crippen LogP contribution in [0.4, 0.5) is 0 Å². The molecule has 0 aromatic heterocycles. The second kappa shape index (κ2) is 3.08. The highest BCUT2D eigenvalue weighted by Crippen LogP contribution is 2.16. The molecule has 0 saturated carbocycles. The van der Waals surface area contributed by atoms with E-state index in [4.69, 9.17) is 4.18 Å². The highest BCUT2D eigenvalue weighted by atomic mass is 32.2. The monoisotopic (exact) mass is 142 g/mol. The smallest absolute Gasteiger partial charge is 0.0829 e. The van der Waals surface area contributed by atoms with Crippen molar-refractivity contribution in [2.45, 2.75) is 13.8 Å². The van der Waals surface area contributed by atoms with Gasteiger partial charge in [-0.25, -0.2) is 0 Å². The Labute approximate surface area is 60.0 Å². The molecule has 0 saturated heterocycles. The minimum atomic E-state index is 0.749. The van der Waals surface area contributed by atoms with Crippen molar-refractivity contribution in [3.63, 3.8) is 0 Å². The van der Waals surface area contributed by atoms with E-state index in [0.717, 1.165) is 6.61 Å². The maximum Gasteiger partial charge on any atom is 0.0829 e. The molecule has 1 aliphatic heterocycles. The van der Waals surface area contributed by atoms with Crippen molar-refractivity contribution >= 4 is 12.0 Å². The largest absolute Gasteiger partial charge is 0.306 e. The van der Waals surface area contributed by atoms with E-state index < -0.39 is 0 Å². The molecule has 0 radical (unpaired) electrons. The van der Waals surface area contributed by atoms with Gasteiger partial charge in [0.25, 0.3) is 0 Å². The van der Waals surface area contributed by atoms with Crippen LogP contribution in [0.15, 0.2) is 22.6 Å². The number of allylic oxidation sites excluding steroid dienone is 2. The van der Waals surface area contributed by atoms with Crippen LogP contribution in [-0.4, -0.2) is 6.61 Å². The van der Waals surface area contributed by atoms with Crippen molar-refractivity contribution in [1.82, 2.24) is 0 Å². The lowest BCUT2D eigenvalue weighted by Gasteiger charge is -1.93. The fourth-order valence-electron chi connectivity index (χ4n) is 0.701. The zero-order chi connectivity index (χ0) is 6.69. The highest BCUT2D eigenvalue weighted by Gasteiger charge is 1.95. The van der Waals surface area contributed by atoms with Crippen molar-refractivity contribution < 1.29 is 4.18 Å². The van der Waals surface area contributed by atoms with Crippen LogP contribution in [0.5, 0.6) is 0 Å². The van der Waals surface area contributed by atoms with Gasteiger partial charge in [0.2, 0.25) is 0 Å². The molecule has 1 nitrogen and oxygen atoms in total. The first-order valence-electron chi connectivity index (χ1n) is 2.91. The normalized spacial score (nSPS) is 20.2. The molecule has 0 unspecified atom stereocenters. The van der Waals surface area contributed by atoms with Gasteiger partial charge in [0, 0.05) is 17.5 Å². The summed E-state index contributed by atoms with van der Waals surface area (Å²) in [5.41, 5.74) is 2.56. The molecule has 50 valence electrons. The number of rotatable bonds is 0. The van der Waals surface area contributed by atoms with E-state index in [9.17, 15) is 0 Å². The fourth-order valence-corrected chi connectivity index (χ4v) is 1.24. The second-order valence-corrected chi connectivity index (χ2v) is 2.87. The van der Waals surface area contributed by atoms with Gasteiger partial charge in [0.1, 0.15) is 0 Å². The highest BCUT2D eigenvalue weighted by molar-refractivity contribution is 7.97. The lowest BCUT2D eigenvalue weighted by Crippen LogP contribution is -1.84. The van der Waals surface area contributed by atoms with Crippen molar-refractivity contribution in [3.8, 4) is 0 Å². The Bertz CT molecular complexity index is 158. The quantitative estimate of drug-likeness (QED) is 0.481. The molecule has 0 bridgehead atoms. The summed E-state index contributed by atoms with van der Waals surface area (Å²) in [6.07, 6.45) is 2.14. The van der Waals surface area contributed by atoms with E-state index in [-0.39, 0.29) is 0 Å². The topological polar surface area (TPSA) is 9.23 Å². The molecule has 1 aliphatic rings. The molecule has 2 heteroatoms. The summed E-state index contributed by atoms with van der Waals surface area (Å²) in [4.78, 5) is 0. The van der Waals surface area contributed by atoms with Gasteiger partial charge in [0.05, 0.1) is 6.61 Å². The van der Waals surface area contributed by atoms with Crippen LogP contribution < -0.4 is 0 Å². The Kier molecular flexibility index (Phi) is 2.37. The molecule has 1 heterocycles. The standard InChI is InChI=1S/C7H10OS/c1-6-3-7(2)5-9-8-4-6/h3,5H,4H2,1-2H3. The van der Waals surface area contributed by atoms with Crippen molar-refractivity contribution in [2.75, 3.05) is 6.61 Å². The van der Waals surface area contributed by atoms with Crippen LogP contribution in [0.25, 0.3) is 0 Å². The third-order valence-electron chi connectivity index (χ3n) is 1.06. The first kappa shape index (κ1) is 6.90. The van der Waals surface area contributed by atoms with Crippen molar-refractivity contribution in [1.29, 1.82) is 0 Å². The van der Waals surface area contributed by atoms with E-state index in [0.29, 0.717) is 0 Å². The van der Waals surface area contributed by atoms with Crippen LogP contribution in [0.1, 0.15) is 13.8 Å². The van der Waals surface area contributed by atoms with Crippen LogP contribution in [-0.2, 0) is 4.18 Å². The van der Waals surface area contributed by atoms with E-state index in [1.54, 1.807) is 0 Å². The average molecular weight is 142 g/mol. The predicted molar refractivity (Wildman–Crippen MR) is 41.1 cm³/mol. The number of hydrogen-bond acceptors (Lipinski definition) is 2. The zero-order valence-electron chi connectivity index (χ0n) is 5.68. The maximum atomic E-state index is 5.15. The third kappa shape index (κ3) is 2.24. The Balaban J connectivity index is 2.67. The van der Waals surface area contributed by atoms with Crippen LogP contribution in [0, 0.1) is 0 Å². The average Bonchev–Trinajstić information content (AvgIpc) is 1.93. The Morgan fingerprint density at radius 2 is 2.33 bits per heavy atom. The molecule has 1 rings (SSSR count). The molecule has 0 N–H and O–H groups in total. The summed E-state index contributed by atoms with van der Waals surface area (Å²) in [6, 6.07) is 0. The van der Waals surface area contributed by atoms with Gasteiger partial charge in [0.15, 0.2) is 0 Å². The SMILES string of the molecule is CC1=CSOCC(C)=C1. The van der Waals surface area contributed by atoms with Gasteiger partial charge < -0.3 is 4.18 Å². The fraction of sp³-hybridized carbons (Fsp3) is 0.429. The predicted octanol–water partition coefficient (Wildman–Crippen LogP) is 2.51. The summed E-state index contributed by atoms with van der Waals surface area (Å²) in [5, 5.41) is 2.01. The minimum absolute atomic E-state index is 0.749. The van der Waals surface area contributed by atoms with Crippen LogP contribution in [0.3, 0.4) is 0 Å². The molecule has 0 fully saturated rings. The molecule has 0 atom stereocenters. The summed E-state index contributed by atoms with van der Waals surface area (Å²) >= 11 is 1.41. The van der Waals surface area contributed by atoms with Crippen LogP contribution >= 0.6 is 12.0 Å². The summed E-state index contributed by atoms with van der Waals surface area (Å²) < 4.78 is 5.15. The Hall–Kier alpha value is -0.210. The lowest BCUT2D eigenvalue weighted by molar-refractivity contribution is 0.420. The van der Waals surface area contributed by atoms with E-state index in [1.165, 1.54) is 23.2 Å². The molecule has 0 aromatic rings. The Morgan fingerprint density at radius 3 is 3.11 bits per heavy atom. The molecule has 0 amide bonds.